The van der Waals surface area contributed by atoms with Gasteiger partial charge < -0.3 is 10.0 Å². The van der Waals surface area contributed by atoms with Crippen molar-refractivity contribution in [1.82, 2.24) is 9.97 Å². The lowest BCUT2D eigenvalue weighted by atomic mass is 10.2. The van der Waals surface area contributed by atoms with Gasteiger partial charge in [-0.2, -0.15) is 0 Å². The van der Waals surface area contributed by atoms with E-state index in [-0.39, 0.29) is 6.42 Å². The first kappa shape index (κ1) is 9.89. The number of aliphatic carboxylic acids is 1. The van der Waals surface area contributed by atoms with Gasteiger partial charge in [0, 0.05) is 24.8 Å². The Hall–Kier alpha value is -1.65. The van der Waals surface area contributed by atoms with Gasteiger partial charge in [-0.05, 0) is 13.3 Å². The molecule has 5 nitrogen and oxygen atoms in total. The highest BCUT2D eigenvalue weighted by Crippen LogP contribution is 2.26. The lowest BCUT2D eigenvalue weighted by molar-refractivity contribution is -0.136. The van der Waals surface area contributed by atoms with E-state index in [1.54, 1.807) is 0 Å². The minimum absolute atomic E-state index is 0.109. The van der Waals surface area contributed by atoms with Crippen molar-refractivity contribution in [2.75, 3.05) is 18.5 Å². The predicted molar refractivity (Wildman–Crippen MR) is 55.1 cm³/mol. The van der Waals surface area contributed by atoms with Crippen molar-refractivity contribution in [1.29, 1.82) is 0 Å². The van der Waals surface area contributed by atoms with Gasteiger partial charge in [0.15, 0.2) is 0 Å². The Kier molecular flexibility index (Phi) is 2.30. The minimum Gasteiger partial charge on any atom is -0.481 e. The van der Waals surface area contributed by atoms with Gasteiger partial charge >= 0.3 is 5.97 Å². The Morgan fingerprint density at radius 3 is 2.93 bits per heavy atom. The number of hydrogen-bond donors (Lipinski definition) is 1. The van der Waals surface area contributed by atoms with E-state index < -0.39 is 5.97 Å². The molecule has 1 aromatic heterocycles. The van der Waals surface area contributed by atoms with Crippen molar-refractivity contribution < 1.29 is 9.90 Å². The van der Waals surface area contributed by atoms with Crippen molar-refractivity contribution in [2.45, 2.75) is 19.8 Å². The Balaban J connectivity index is 2.41. The first-order chi connectivity index (χ1) is 7.08. The monoisotopic (exact) mass is 207 g/mol. The molecule has 0 saturated heterocycles. The standard InChI is InChI=1S/C10H13N3O2/c1-6-7-3-4-13(2)10(7)12-8(11-6)5-9(14)15/h3-5H2,1-2H3,(H,14,15). The van der Waals surface area contributed by atoms with Crippen molar-refractivity contribution in [2.24, 2.45) is 0 Å². The summed E-state index contributed by atoms with van der Waals surface area (Å²) in [5.74, 6) is 0.390. The molecule has 1 N–H and O–H groups in total. The average molecular weight is 207 g/mol. The highest BCUT2D eigenvalue weighted by atomic mass is 16.4. The predicted octanol–water partition coefficient (Wildman–Crippen LogP) is 0.404. The maximum absolute atomic E-state index is 10.6. The van der Waals surface area contributed by atoms with Crippen LogP contribution in [0.15, 0.2) is 0 Å². The van der Waals surface area contributed by atoms with Gasteiger partial charge in [0.2, 0.25) is 0 Å². The van der Waals surface area contributed by atoms with E-state index in [1.807, 2.05) is 18.9 Å². The third-order valence-corrected chi connectivity index (χ3v) is 2.61. The van der Waals surface area contributed by atoms with Gasteiger partial charge in [0.1, 0.15) is 18.1 Å². The van der Waals surface area contributed by atoms with Crippen LogP contribution in [0.5, 0.6) is 0 Å². The lowest BCUT2D eigenvalue weighted by Crippen LogP contribution is -2.15. The zero-order valence-electron chi connectivity index (χ0n) is 8.82. The molecule has 2 rings (SSSR count). The Morgan fingerprint density at radius 2 is 2.27 bits per heavy atom. The molecule has 0 spiro atoms. The van der Waals surface area contributed by atoms with Crippen LogP contribution in [0.1, 0.15) is 17.1 Å². The zero-order chi connectivity index (χ0) is 11.0. The summed E-state index contributed by atoms with van der Waals surface area (Å²) in [7, 11) is 1.96. The second-order valence-electron chi connectivity index (χ2n) is 3.77. The molecule has 0 saturated carbocycles. The number of aromatic nitrogens is 2. The number of carboxylic acids is 1. The van der Waals surface area contributed by atoms with Crippen LogP contribution in [0.2, 0.25) is 0 Å². The third-order valence-electron chi connectivity index (χ3n) is 2.61. The third kappa shape index (κ3) is 1.77. The lowest BCUT2D eigenvalue weighted by Gasteiger charge is -2.11. The summed E-state index contributed by atoms with van der Waals surface area (Å²) in [5.41, 5.74) is 2.05. The van der Waals surface area contributed by atoms with Gasteiger partial charge in [-0.15, -0.1) is 0 Å². The molecule has 1 aliphatic heterocycles. The van der Waals surface area contributed by atoms with Gasteiger partial charge in [-0.25, -0.2) is 9.97 Å². The molecule has 0 unspecified atom stereocenters. The molecule has 0 amide bonds. The second kappa shape index (κ2) is 3.49. The van der Waals surface area contributed by atoms with Gasteiger partial charge in [0.05, 0.1) is 0 Å². The van der Waals surface area contributed by atoms with Crippen molar-refractivity contribution in [3.05, 3.63) is 17.1 Å². The largest absolute Gasteiger partial charge is 0.481 e. The number of carboxylic acid groups (broad SMARTS) is 1. The van der Waals surface area contributed by atoms with Crippen LogP contribution in [0, 0.1) is 6.92 Å². The molecular formula is C10H13N3O2. The quantitative estimate of drug-likeness (QED) is 0.760. The average Bonchev–Trinajstić information content (AvgIpc) is 2.47. The fourth-order valence-corrected chi connectivity index (χ4v) is 1.85. The number of aryl methyl sites for hydroxylation is 1. The zero-order valence-corrected chi connectivity index (χ0v) is 8.82. The Bertz CT molecular complexity index is 417. The van der Waals surface area contributed by atoms with E-state index in [9.17, 15) is 4.79 Å². The van der Waals surface area contributed by atoms with Crippen LogP contribution in [0.4, 0.5) is 5.82 Å². The summed E-state index contributed by atoms with van der Waals surface area (Å²) in [6, 6.07) is 0. The maximum Gasteiger partial charge on any atom is 0.311 e. The first-order valence-electron chi connectivity index (χ1n) is 4.87. The first-order valence-corrected chi connectivity index (χ1v) is 4.87. The highest BCUT2D eigenvalue weighted by Gasteiger charge is 2.21. The SMILES string of the molecule is Cc1nc(CC(=O)O)nc2c1CCN2C. The summed E-state index contributed by atoms with van der Waals surface area (Å²) < 4.78 is 0. The van der Waals surface area contributed by atoms with Crippen LogP contribution in [0.25, 0.3) is 0 Å². The fraction of sp³-hybridized carbons (Fsp3) is 0.500. The number of nitrogens with zero attached hydrogens (tertiary/aromatic N) is 3. The summed E-state index contributed by atoms with van der Waals surface area (Å²) in [6.07, 6.45) is 0.840. The van der Waals surface area contributed by atoms with Gasteiger partial charge in [-0.3, -0.25) is 4.79 Å². The van der Waals surface area contributed by atoms with Crippen LogP contribution < -0.4 is 4.90 Å². The molecule has 1 aromatic rings. The van der Waals surface area contributed by atoms with E-state index in [0.29, 0.717) is 5.82 Å². The Morgan fingerprint density at radius 1 is 1.53 bits per heavy atom. The van der Waals surface area contributed by atoms with Gasteiger partial charge in [-0.1, -0.05) is 0 Å². The smallest absolute Gasteiger partial charge is 0.311 e. The van der Waals surface area contributed by atoms with Crippen molar-refractivity contribution in [3.8, 4) is 0 Å². The summed E-state index contributed by atoms with van der Waals surface area (Å²) >= 11 is 0. The molecule has 0 bridgehead atoms. The van der Waals surface area contributed by atoms with E-state index >= 15 is 0 Å². The summed E-state index contributed by atoms with van der Waals surface area (Å²) in [6.45, 7) is 2.84. The molecule has 0 aromatic carbocycles. The molecule has 5 heteroatoms. The van der Waals surface area contributed by atoms with Crippen LogP contribution in [-0.4, -0.2) is 34.6 Å². The van der Waals surface area contributed by atoms with Crippen LogP contribution in [-0.2, 0) is 17.6 Å². The molecule has 1 aliphatic rings. The number of hydrogen-bond acceptors (Lipinski definition) is 4. The summed E-state index contributed by atoms with van der Waals surface area (Å²) in [5, 5.41) is 8.68. The number of rotatable bonds is 2. The number of carbonyl (C=O) groups is 1. The van der Waals surface area contributed by atoms with Crippen molar-refractivity contribution >= 4 is 11.8 Å². The van der Waals surface area contributed by atoms with E-state index in [4.69, 9.17) is 5.11 Å². The highest BCUT2D eigenvalue weighted by molar-refractivity contribution is 5.69. The normalized spacial score (nSPS) is 14.1. The number of fused-ring (bicyclic) bond motifs is 1. The Labute approximate surface area is 87.8 Å². The molecule has 0 aliphatic carbocycles. The van der Waals surface area contributed by atoms with Crippen molar-refractivity contribution in [3.63, 3.8) is 0 Å². The van der Waals surface area contributed by atoms with E-state index in [1.165, 1.54) is 0 Å². The maximum atomic E-state index is 10.6. The van der Waals surface area contributed by atoms with Crippen LogP contribution >= 0.6 is 0 Å². The minimum atomic E-state index is -0.894. The van der Waals surface area contributed by atoms with E-state index in [0.717, 1.165) is 30.0 Å². The fourth-order valence-electron chi connectivity index (χ4n) is 1.85. The number of anilines is 1. The molecule has 15 heavy (non-hydrogen) atoms. The molecular weight excluding hydrogens is 194 g/mol. The molecule has 2 heterocycles. The summed E-state index contributed by atoms with van der Waals surface area (Å²) in [4.78, 5) is 21.1. The second-order valence-corrected chi connectivity index (χ2v) is 3.77. The topological polar surface area (TPSA) is 66.3 Å². The molecule has 0 fully saturated rings. The van der Waals surface area contributed by atoms with Gasteiger partial charge in [0.25, 0.3) is 0 Å². The number of likely N-dealkylation sites (N-methyl/N-ethyl adjacent to an activating group) is 1. The molecule has 80 valence electrons. The van der Waals surface area contributed by atoms with Crippen LogP contribution in [0.3, 0.4) is 0 Å². The van der Waals surface area contributed by atoms with E-state index in [2.05, 4.69) is 9.97 Å². The molecule has 0 radical (unpaired) electrons. The molecule has 0 atom stereocenters.